The second kappa shape index (κ2) is 46.7. The molecular formula is C50H91O9P. The van der Waals surface area contributed by atoms with Gasteiger partial charge in [0, 0.05) is 13.0 Å². The smallest absolute Gasteiger partial charge is 0.457 e. The molecule has 0 spiro atoms. The van der Waals surface area contributed by atoms with Gasteiger partial charge in [0.05, 0.1) is 26.4 Å². The molecule has 0 aliphatic heterocycles. The molecular weight excluding hydrogens is 776 g/mol. The first-order valence-corrected chi connectivity index (χ1v) is 25.8. The van der Waals surface area contributed by atoms with Gasteiger partial charge in [0.15, 0.2) is 0 Å². The molecule has 0 heterocycles. The molecule has 3 atom stereocenters. The number of hydrogen-bond acceptors (Lipinski definition) is 8. The third kappa shape index (κ3) is 45.7. The maximum Gasteiger partial charge on any atom is 0.472 e. The quantitative estimate of drug-likeness (QED) is 0.0237. The Labute approximate surface area is 368 Å². The minimum absolute atomic E-state index is 0.0379. The first-order chi connectivity index (χ1) is 29.3. The number of phosphoric ester groups is 1. The lowest BCUT2D eigenvalue weighted by molar-refractivity contribution is -0.154. The number of allylic oxidation sites excluding steroid dienone is 10. The molecule has 0 aromatic heterocycles. The van der Waals surface area contributed by atoms with Crippen molar-refractivity contribution in [1.29, 1.82) is 0 Å². The summed E-state index contributed by atoms with van der Waals surface area (Å²) in [6.07, 6.45) is 54.7. The van der Waals surface area contributed by atoms with Crippen molar-refractivity contribution in [2.45, 2.75) is 219 Å². The molecule has 60 heavy (non-hydrogen) atoms. The molecule has 0 aliphatic carbocycles. The summed E-state index contributed by atoms with van der Waals surface area (Å²) in [6, 6.07) is 0. The first-order valence-electron chi connectivity index (χ1n) is 24.3. The molecule has 9 nitrogen and oxygen atoms in total. The van der Waals surface area contributed by atoms with E-state index in [-0.39, 0.29) is 19.6 Å². The van der Waals surface area contributed by atoms with E-state index in [1.165, 1.54) is 116 Å². The molecule has 0 fully saturated rings. The summed E-state index contributed by atoms with van der Waals surface area (Å²) in [7, 11) is -4.53. The van der Waals surface area contributed by atoms with E-state index < -0.39 is 39.2 Å². The van der Waals surface area contributed by atoms with Crippen LogP contribution in [0.25, 0.3) is 0 Å². The Balaban J connectivity index is 4.10. The van der Waals surface area contributed by atoms with Gasteiger partial charge in [0.25, 0.3) is 0 Å². The van der Waals surface area contributed by atoms with Crippen molar-refractivity contribution in [2.24, 2.45) is 0 Å². The number of carbonyl (C=O) groups excluding carboxylic acids is 1. The standard InChI is InChI=1S/C50H91O9P/c1-3-5-7-9-11-13-15-17-19-21-22-23-24-25-26-27-28-30-32-34-36-38-40-42-50(53)59-49(47-58-60(54,55)57-45-48(52)44-51)46-56-43-41-39-37-35-33-31-29-20-18-16-14-12-10-8-6-4-2/h6,8,12,14-15,17-18,20-22,48-49,51-52H,3-5,7,9-11,13,16,19,23-47H2,1-2H3,(H,54,55)/b8-6-,14-12-,17-15-,20-18-,22-21-. The average molecular weight is 867 g/mol. The van der Waals surface area contributed by atoms with Crippen molar-refractivity contribution >= 4 is 13.8 Å². The topological polar surface area (TPSA) is 132 Å². The van der Waals surface area contributed by atoms with Gasteiger partial charge in [0.2, 0.25) is 0 Å². The van der Waals surface area contributed by atoms with Crippen molar-refractivity contribution < 1.29 is 43.0 Å². The summed E-state index contributed by atoms with van der Waals surface area (Å²) in [5, 5.41) is 18.4. The van der Waals surface area contributed by atoms with Crippen molar-refractivity contribution in [3.63, 3.8) is 0 Å². The zero-order chi connectivity index (χ0) is 43.9. The zero-order valence-corrected chi connectivity index (χ0v) is 39.3. The van der Waals surface area contributed by atoms with E-state index in [0.717, 1.165) is 70.6 Å². The average Bonchev–Trinajstić information content (AvgIpc) is 3.24. The molecule has 3 unspecified atom stereocenters. The van der Waals surface area contributed by atoms with Gasteiger partial charge in [-0.25, -0.2) is 4.57 Å². The highest BCUT2D eigenvalue weighted by molar-refractivity contribution is 7.47. The summed E-state index contributed by atoms with van der Waals surface area (Å²) in [6.45, 7) is 3.38. The zero-order valence-electron chi connectivity index (χ0n) is 38.4. The fraction of sp³-hybridized carbons (Fsp3) is 0.780. The van der Waals surface area contributed by atoms with Gasteiger partial charge in [-0.05, 0) is 77.0 Å². The molecule has 3 N–H and O–H groups in total. The fourth-order valence-electron chi connectivity index (χ4n) is 6.52. The summed E-state index contributed by atoms with van der Waals surface area (Å²) >= 11 is 0. The molecule has 0 aromatic rings. The van der Waals surface area contributed by atoms with Gasteiger partial charge < -0.3 is 24.6 Å². The summed E-state index contributed by atoms with van der Waals surface area (Å²) in [5.41, 5.74) is 0. The highest BCUT2D eigenvalue weighted by Crippen LogP contribution is 2.43. The van der Waals surface area contributed by atoms with E-state index in [1.54, 1.807) is 0 Å². The van der Waals surface area contributed by atoms with Crippen LogP contribution in [0.2, 0.25) is 0 Å². The normalized spacial score (nSPS) is 14.4. The summed E-state index contributed by atoms with van der Waals surface area (Å²) < 4.78 is 33.5. The van der Waals surface area contributed by atoms with Crippen LogP contribution in [0, 0.1) is 0 Å². The molecule has 0 radical (unpaired) electrons. The van der Waals surface area contributed by atoms with Crippen LogP contribution in [0.5, 0.6) is 0 Å². The summed E-state index contributed by atoms with van der Waals surface area (Å²) in [5.74, 6) is -0.390. The Kier molecular flexibility index (Phi) is 45.2. The molecule has 0 saturated carbocycles. The second-order valence-corrected chi connectivity index (χ2v) is 17.5. The SMILES string of the molecule is CC/C=C\C/C=C\C/C=C\CCCCCCCCOCC(COP(=O)(O)OCC(O)CO)OC(=O)CCCCCCCCCCCCC/C=C\C/C=C\CCCCCCC. The van der Waals surface area contributed by atoms with Gasteiger partial charge in [-0.3, -0.25) is 13.8 Å². The van der Waals surface area contributed by atoms with Crippen LogP contribution in [0.4, 0.5) is 0 Å². The number of rotatable bonds is 46. The van der Waals surface area contributed by atoms with Gasteiger partial charge in [0.1, 0.15) is 12.2 Å². The molecule has 0 bridgehead atoms. The Morgan fingerprint density at radius 2 is 0.950 bits per heavy atom. The largest absolute Gasteiger partial charge is 0.472 e. The van der Waals surface area contributed by atoms with E-state index in [0.29, 0.717) is 6.61 Å². The number of unbranched alkanes of at least 4 members (excludes halogenated alkanes) is 22. The van der Waals surface area contributed by atoms with Crippen molar-refractivity contribution in [1.82, 2.24) is 0 Å². The van der Waals surface area contributed by atoms with Gasteiger partial charge in [-0.2, -0.15) is 0 Å². The second-order valence-electron chi connectivity index (χ2n) is 16.1. The van der Waals surface area contributed by atoms with Crippen LogP contribution in [0.15, 0.2) is 60.8 Å². The van der Waals surface area contributed by atoms with Gasteiger partial charge in [-0.1, -0.05) is 184 Å². The predicted octanol–water partition coefficient (Wildman–Crippen LogP) is 13.9. The molecule has 10 heteroatoms. The maximum atomic E-state index is 12.7. The Morgan fingerprint density at radius 3 is 1.43 bits per heavy atom. The number of aliphatic hydroxyl groups is 2. The third-order valence-corrected chi connectivity index (χ3v) is 11.1. The lowest BCUT2D eigenvalue weighted by Gasteiger charge is -2.20. The van der Waals surface area contributed by atoms with Crippen LogP contribution < -0.4 is 0 Å². The van der Waals surface area contributed by atoms with Crippen LogP contribution in [0.1, 0.15) is 206 Å². The van der Waals surface area contributed by atoms with Crippen molar-refractivity contribution in [2.75, 3.05) is 33.0 Å². The van der Waals surface area contributed by atoms with E-state index in [9.17, 15) is 19.4 Å². The molecule has 350 valence electrons. The molecule has 0 rings (SSSR count). The van der Waals surface area contributed by atoms with Crippen LogP contribution in [0.3, 0.4) is 0 Å². The first kappa shape index (κ1) is 58.2. The molecule has 0 saturated heterocycles. The number of phosphoric acid groups is 1. The minimum atomic E-state index is -4.53. The van der Waals surface area contributed by atoms with Crippen molar-refractivity contribution in [3.8, 4) is 0 Å². The monoisotopic (exact) mass is 867 g/mol. The van der Waals surface area contributed by atoms with Crippen molar-refractivity contribution in [3.05, 3.63) is 60.8 Å². The van der Waals surface area contributed by atoms with E-state index in [2.05, 4.69) is 74.6 Å². The fourth-order valence-corrected chi connectivity index (χ4v) is 7.31. The molecule has 0 amide bonds. The number of ether oxygens (including phenoxy) is 2. The summed E-state index contributed by atoms with van der Waals surface area (Å²) in [4.78, 5) is 22.7. The number of aliphatic hydroxyl groups excluding tert-OH is 2. The predicted molar refractivity (Wildman–Crippen MR) is 251 cm³/mol. The Bertz CT molecular complexity index is 1120. The number of carbonyl (C=O) groups is 1. The minimum Gasteiger partial charge on any atom is -0.457 e. The number of esters is 1. The van der Waals surface area contributed by atoms with E-state index >= 15 is 0 Å². The van der Waals surface area contributed by atoms with Gasteiger partial charge in [-0.15, -0.1) is 0 Å². The Hall–Kier alpha value is -1.84. The highest BCUT2D eigenvalue weighted by atomic mass is 31.2. The lowest BCUT2D eigenvalue weighted by atomic mass is 10.0. The maximum absolute atomic E-state index is 12.7. The van der Waals surface area contributed by atoms with Crippen LogP contribution in [-0.4, -0.2) is 66.3 Å². The number of hydrogen-bond donors (Lipinski definition) is 3. The molecule has 0 aromatic carbocycles. The Morgan fingerprint density at radius 1 is 0.533 bits per heavy atom. The van der Waals surface area contributed by atoms with Crippen LogP contribution in [-0.2, 0) is 27.9 Å². The van der Waals surface area contributed by atoms with E-state index in [4.69, 9.17) is 23.6 Å². The highest BCUT2D eigenvalue weighted by Gasteiger charge is 2.26. The lowest BCUT2D eigenvalue weighted by Crippen LogP contribution is -2.29. The van der Waals surface area contributed by atoms with E-state index in [1.807, 2.05) is 0 Å². The molecule has 0 aliphatic rings. The van der Waals surface area contributed by atoms with Gasteiger partial charge >= 0.3 is 13.8 Å². The third-order valence-electron chi connectivity index (χ3n) is 10.2. The van der Waals surface area contributed by atoms with Crippen LogP contribution >= 0.6 is 7.82 Å².